The number of nitrogens with zero attached hydrogens (tertiary/aromatic N) is 2. The van der Waals surface area contributed by atoms with Crippen molar-refractivity contribution in [3.05, 3.63) is 30.1 Å². The van der Waals surface area contributed by atoms with Gasteiger partial charge in [0.2, 0.25) is 0 Å². The van der Waals surface area contributed by atoms with E-state index in [1.54, 1.807) is 24.5 Å². The van der Waals surface area contributed by atoms with Crippen LogP contribution in [-0.2, 0) is 0 Å². The van der Waals surface area contributed by atoms with E-state index in [2.05, 4.69) is 43.1 Å². The summed E-state index contributed by atoms with van der Waals surface area (Å²) in [6.45, 7) is 4.41. The molecule has 1 saturated carbocycles. The van der Waals surface area contributed by atoms with Gasteiger partial charge in [0.05, 0.1) is 5.56 Å². The maximum Gasteiger partial charge on any atom is 0.253 e. The lowest BCUT2D eigenvalue weighted by Gasteiger charge is -2.55. The summed E-state index contributed by atoms with van der Waals surface area (Å²) in [6.07, 6.45) is 4.28. The molecule has 1 aliphatic rings. The van der Waals surface area contributed by atoms with Crippen molar-refractivity contribution < 1.29 is 4.79 Å². The van der Waals surface area contributed by atoms with Gasteiger partial charge in [-0.1, -0.05) is 13.8 Å². The van der Waals surface area contributed by atoms with Crippen molar-refractivity contribution in [2.75, 3.05) is 14.1 Å². The van der Waals surface area contributed by atoms with Gasteiger partial charge in [-0.2, -0.15) is 0 Å². The number of pyridine rings is 1. The number of rotatable bonds is 3. The summed E-state index contributed by atoms with van der Waals surface area (Å²) in [5.41, 5.74) is 0.739. The topological polar surface area (TPSA) is 45.2 Å². The van der Waals surface area contributed by atoms with Crippen molar-refractivity contribution >= 4 is 5.91 Å². The number of carbonyl (C=O) groups is 1. The van der Waals surface area contributed by atoms with Gasteiger partial charge in [0.15, 0.2) is 0 Å². The van der Waals surface area contributed by atoms with E-state index in [1.165, 1.54) is 0 Å². The van der Waals surface area contributed by atoms with Gasteiger partial charge in [0.1, 0.15) is 0 Å². The lowest BCUT2D eigenvalue weighted by molar-refractivity contribution is -0.0107. The quantitative estimate of drug-likeness (QED) is 0.881. The van der Waals surface area contributed by atoms with Crippen LogP contribution in [0.5, 0.6) is 0 Å². The number of hydrogen-bond acceptors (Lipinski definition) is 3. The van der Waals surface area contributed by atoms with E-state index in [9.17, 15) is 4.79 Å². The highest BCUT2D eigenvalue weighted by atomic mass is 16.1. The smallest absolute Gasteiger partial charge is 0.253 e. The minimum Gasteiger partial charge on any atom is -0.349 e. The van der Waals surface area contributed by atoms with Crippen molar-refractivity contribution in [1.82, 2.24) is 15.2 Å². The van der Waals surface area contributed by atoms with E-state index in [0.717, 1.165) is 6.42 Å². The Hall–Kier alpha value is -1.42. The number of nitrogens with one attached hydrogen (secondary N) is 1. The fourth-order valence-corrected chi connectivity index (χ4v) is 2.76. The molecule has 18 heavy (non-hydrogen) atoms. The third kappa shape index (κ3) is 2.25. The average Bonchev–Trinajstić information content (AvgIpc) is 2.34. The zero-order valence-corrected chi connectivity index (χ0v) is 11.5. The van der Waals surface area contributed by atoms with Gasteiger partial charge in [-0.05, 0) is 32.6 Å². The Kier molecular flexibility index (Phi) is 3.39. The average molecular weight is 247 g/mol. The molecule has 2 rings (SSSR count). The standard InChI is InChI=1S/C14H21N3O/c1-14(2)11(8-12(14)17(3)4)16-13(18)10-6-5-7-15-9-10/h5-7,9,11-12H,8H2,1-4H3,(H,16,18)/t11-,12-/m1/s1. The second-order valence-corrected chi connectivity index (χ2v) is 5.80. The molecule has 2 atom stereocenters. The van der Waals surface area contributed by atoms with Crippen LogP contribution in [0.1, 0.15) is 30.6 Å². The monoisotopic (exact) mass is 247 g/mol. The summed E-state index contributed by atoms with van der Waals surface area (Å²) in [5.74, 6) is -0.0293. The molecular formula is C14H21N3O. The molecule has 4 nitrogen and oxygen atoms in total. The highest BCUT2D eigenvalue weighted by Crippen LogP contribution is 2.43. The third-order valence-electron chi connectivity index (χ3n) is 4.07. The molecule has 4 heteroatoms. The van der Waals surface area contributed by atoms with Gasteiger partial charge in [-0.3, -0.25) is 9.78 Å². The maximum atomic E-state index is 12.0. The largest absolute Gasteiger partial charge is 0.349 e. The number of aromatic nitrogens is 1. The molecule has 1 heterocycles. The SMILES string of the molecule is CN(C)[C@@H]1C[C@@H](NC(=O)c2cccnc2)C1(C)C. The molecule has 0 bridgehead atoms. The molecule has 0 radical (unpaired) electrons. The minimum atomic E-state index is -0.0293. The molecular weight excluding hydrogens is 226 g/mol. The summed E-state index contributed by atoms with van der Waals surface area (Å²) >= 11 is 0. The summed E-state index contributed by atoms with van der Waals surface area (Å²) < 4.78 is 0. The van der Waals surface area contributed by atoms with E-state index in [0.29, 0.717) is 11.6 Å². The van der Waals surface area contributed by atoms with Gasteiger partial charge >= 0.3 is 0 Å². The van der Waals surface area contributed by atoms with Crippen molar-refractivity contribution in [2.45, 2.75) is 32.4 Å². The molecule has 0 aromatic carbocycles. The lowest BCUT2D eigenvalue weighted by Crippen LogP contribution is -2.65. The molecule has 1 N–H and O–H groups in total. The van der Waals surface area contributed by atoms with Crippen molar-refractivity contribution in [2.24, 2.45) is 5.41 Å². The fraction of sp³-hybridized carbons (Fsp3) is 0.571. The Morgan fingerprint density at radius 1 is 1.50 bits per heavy atom. The summed E-state index contributed by atoms with van der Waals surface area (Å²) in [6, 6.07) is 4.33. The van der Waals surface area contributed by atoms with E-state index in [-0.39, 0.29) is 17.4 Å². The van der Waals surface area contributed by atoms with Crippen LogP contribution in [0.4, 0.5) is 0 Å². The maximum absolute atomic E-state index is 12.0. The third-order valence-corrected chi connectivity index (χ3v) is 4.07. The van der Waals surface area contributed by atoms with Crippen molar-refractivity contribution in [3.63, 3.8) is 0 Å². The Morgan fingerprint density at radius 2 is 2.22 bits per heavy atom. The Labute approximate surface area is 108 Å². The Balaban J connectivity index is 1.99. The van der Waals surface area contributed by atoms with Crippen molar-refractivity contribution in [1.29, 1.82) is 0 Å². The van der Waals surface area contributed by atoms with Crippen LogP contribution in [-0.4, -0.2) is 42.0 Å². The first-order valence-corrected chi connectivity index (χ1v) is 6.30. The fourth-order valence-electron chi connectivity index (χ4n) is 2.76. The van der Waals surface area contributed by atoms with Gasteiger partial charge < -0.3 is 10.2 Å². The Bertz CT molecular complexity index is 428. The van der Waals surface area contributed by atoms with Crippen LogP contribution >= 0.6 is 0 Å². The first-order valence-electron chi connectivity index (χ1n) is 6.30. The predicted octanol–water partition coefficient (Wildman–Crippen LogP) is 1.54. The van der Waals surface area contributed by atoms with E-state index in [4.69, 9.17) is 0 Å². The molecule has 1 amide bonds. The van der Waals surface area contributed by atoms with E-state index >= 15 is 0 Å². The molecule has 1 fully saturated rings. The number of hydrogen-bond donors (Lipinski definition) is 1. The van der Waals surface area contributed by atoms with Crippen LogP contribution in [0, 0.1) is 5.41 Å². The molecule has 0 unspecified atom stereocenters. The normalized spacial score (nSPS) is 25.6. The zero-order chi connectivity index (χ0) is 13.3. The summed E-state index contributed by atoms with van der Waals surface area (Å²) in [7, 11) is 4.18. The van der Waals surface area contributed by atoms with E-state index < -0.39 is 0 Å². The van der Waals surface area contributed by atoms with Crippen LogP contribution in [0.3, 0.4) is 0 Å². The number of carbonyl (C=O) groups excluding carboxylic acids is 1. The first kappa shape index (κ1) is 13.0. The van der Waals surface area contributed by atoms with E-state index in [1.807, 2.05) is 0 Å². The molecule has 0 aliphatic heterocycles. The summed E-state index contributed by atoms with van der Waals surface area (Å²) in [5, 5.41) is 3.10. The molecule has 98 valence electrons. The van der Waals surface area contributed by atoms with Gasteiger partial charge in [-0.25, -0.2) is 0 Å². The Morgan fingerprint density at radius 3 is 2.72 bits per heavy atom. The van der Waals surface area contributed by atoms with Crippen LogP contribution in [0.15, 0.2) is 24.5 Å². The lowest BCUT2D eigenvalue weighted by atomic mass is 9.62. The minimum absolute atomic E-state index is 0.0293. The second-order valence-electron chi connectivity index (χ2n) is 5.80. The first-order chi connectivity index (χ1) is 8.43. The van der Waals surface area contributed by atoms with Crippen LogP contribution in [0.25, 0.3) is 0 Å². The molecule has 1 aromatic heterocycles. The van der Waals surface area contributed by atoms with Gasteiger partial charge in [0, 0.05) is 29.9 Å². The predicted molar refractivity (Wildman–Crippen MR) is 71.4 cm³/mol. The highest BCUT2D eigenvalue weighted by Gasteiger charge is 2.49. The molecule has 1 aliphatic carbocycles. The summed E-state index contributed by atoms with van der Waals surface area (Å²) in [4.78, 5) is 18.2. The molecule has 0 spiro atoms. The second kappa shape index (κ2) is 4.69. The van der Waals surface area contributed by atoms with Gasteiger partial charge in [0.25, 0.3) is 5.91 Å². The van der Waals surface area contributed by atoms with Gasteiger partial charge in [-0.15, -0.1) is 0 Å². The van der Waals surface area contributed by atoms with Crippen LogP contribution < -0.4 is 5.32 Å². The molecule has 0 saturated heterocycles. The zero-order valence-electron chi connectivity index (χ0n) is 11.5. The highest BCUT2D eigenvalue weighted by molar-refractivity contribution is 5.94. The van der Waals surface area contributed by atoms with Crippen molar-refractivity contribution in [3.8, 4) is 0 Å². The number of amides is 1. The molecule has 1 aromatic rings. The van der Waals surface area contributed by atoms with Crippen LogP contribution in [0.2, 0.25) is 0 Å².